The van der Waals surface area contributed by atoms with Crippen LogP contribution < -0.4 is 10.1 Å². The third-order valence-electron chi connectivity index (χ3n) is 1.81. The van der Waals surface area contributed by atoms with Gasteiger partial charge in [-0.1, -0.05) is 26.0 Å². The van der Waals surface area contributed by atoms with Gasteiger partial charge in [-0.2, -0.15) is 0 Å². The van der Waals surface area contributed by atoms with Crippen LogP contribution in [0, 0.1) is 5.92 Å². The zero-order valence-corrected chi connectivity index (χ0v) is 9.14. The van der Waals surface area contributed by atoms with Gasteiger partial charge in [-0.3, -0.25) is 0 Å². The van der Waals surface area contributed by atoms with Crippen molar-refractivity contribution >= 4 is 5.69 Å². The van der Waals surface area contributed by atoms with Gasteiger partial charge in [0.1, 0.15) is 0 Å². The van der Waals surface area contributed by atoms with Crippen LogP contribution in [0.5, 0.6) is 5.75 Å². The van der Waals surface area contributed by atoms with E-state index in [-0.39, 0.29) is 5.75 Å². The minimum atomic E-state index is -4.66. The fourth-order valence-electron chi connectivity index (χ4n) is 1.14. The van der Waals surface area contributed by atoms with Crippen LogP contribution >= 0.6 is 0 Å². The van der Waals surface area contributed by atoms with Gasteiger partial charge in [0.05, 0.1) is 5.69 Å². The van der Waals surface area contributed by atoms with E-state index in [4.69, 9.17) is 0 Å². The minimum Gasteiger partial charge on any atom is -0.404 e. The molecular formula is C11H14F3NO. The van der Waals surface area contributed by atoms with Crippen LogP contribution in [-0.2, 0) is 0 Å². The van der Waals surface area contributed by atoms with Gasteiger partial charge < -0.3 is 10.1 Å². The number of nitrogens with one attached hydrogen (secondary N) is 1. The van der Waals surface area contributed by atoms with Crippen molar-refractivity contribution < 1.29 is 17.9 Å². The van der Waals surface area contributed by atoms with Crippen molar-refractivity contribution in [1.82, 2.24) is 0 Å². The van der Waals surface area contributed by atoms with E-state index in [2.05, 4.69) is 10.1 Å². The molecule has 0 bridgehead atoms. The maximum Gasteiger partial charge on any atom is 0.573 e. The van der Waals surface area contributed by atoms with Crippen molar-refractivity contribution in [2.45, 2.75) is 20.2 Å². The summed E-state index contributed by atoms with van der Waals surface area (Å²) in [6.45, 7) is 4.54. The molecule has 1 aromatic rings. The van der Waals surface area contributed by atoms with Crippen LogP contribution in [0.15, 0.2) is 24.3 Å². The number of ether oxygens (including phenoxy) is 1. The highest BCUT2D eigenvalue weighted by molar-refractivity contribution is 5.56. The molecule has 0 atom stereocenters. The van der Waals surface area contributed by atoms with E-state index in [1.807, 2.05) is 13.8 Å². The first kappa shape index (κ1) is 12.7. The molecule has 0 unspecified atom stereocenters. The summed E-state index contributed by atoms with van der Waals surface area (Å²) in [4.78, 5) is 0. The smallest absolute Gasteiger partial charge is 0.404 e. The minimum absolute atomic E-state index is 0.198. The number of hydrogen-bond donors (Lipinski definition) is 1. The van der Waals surface area contributed by atoms with Gasteiger partial charge in [0.25, 0.3) is 0 Å². The molecule has 0 spiro atoms. The lowest BCUT2D eigenvalue weighted by Crippen LogP contribution is -2.18. The molecule has 90 valence electrons. The van der Waals surface area contributed by atoms with E-state index in [1.54, 1.807) is 12.1 Å². The van der Waals surface area contributed by atoms with E-state index in [9.17, 15) is 13.2 Å². The lowest BCUT2D eigenvalue weighted by molar-refractivity contribution is -0.274. The molecule has 1 rings (SSSR count). The fraction of sp³-hybridized carbons (Fsp3) is 0.455. The summed E-state index contributed by atoms with van der Waals surface area (Å²) in [5.74, 6) is 0.148. The Hall–Kier alpha value is -1.39. The Morgan fingerprint density at radius 3 is 2.44 bits per heavy atom. The highest BCUT2D eigenvalue weighted by atomic mass is 19.4. The molecule has 0 amide bonds. The molecule has 0 radical (unpaired) electrons. The second-order valence-corrected chi connectivity index (χ2v) is 3.82. The van der Waals surface area contributed by atoms with Crippen molar-refractivity contribution in [3.05, 3.63) is 24.3 Å². The summed E-state index contributed by atoms with van der Waals surface area (Å²) in [7, 11) is 0. The largest absolute Gasteiger partial charge is 0.573 e. The molecule has 0 aromatic heterocycles. The molecule has 5 heteroatoms. The van der Waals surface area contributed by atoms with Crippen LogP contribution in [0.4, 0.5) is 18.9 Å². The fourth-order valence-corrected chi connectivity index (χ4v) is 1.14. The predicted octanol–water partition coefficient (Wildman–Crippen LogP) is 3.65. The Balaban J connectivity index is 2.75. The molecule has 0 heterocycles. The third kappa shape index (κ3) is 4.42. The summed E-state index contributed by atoms with van der Waals surface area (Å²) in [5, 5.41) is 2.91. The first-order valence-corrected chi connectivity index (χ1v) is 4.97. The zero-order chi connectivity index (χ0) is 12.2. The van der Waals surface area contributed by atoms with Gasteiger partial charge in [0.15, 0.2) is 5.75 Å². The van der Waals surface area contributed by atoms with Gasteiger partial charge in [0, 0.05) is 6.54 Å². The summed E-state index contributed by atoms with van der Waals surface area (Å²) in [6.07, 6.45) is -4.66. The summed E-state index contributed by atoms with van der Waals surface area (Å²) in [6, 6.07) is 6.01. The van der Waals surface area contributed by atoms with E-state index < -0.39 is 6.36 Å². The molecule has 1 aromatic carbocycles. The monoisotopic (exact) mass is 233 g/mol. The number of halogens is 3. The average molecular weight is 233 g/mol. The van der Waals surface area contributed by atoms with Crippen LogP contribution in [0.2, 0.25) is 0 Å². The van der Waals surface area contributed by atoms with Gasteiger partial charge in [-0.05, 0) is 18.1 Å². The van der Waals surface area contributed by atoms with Crippen LogP contribution in [0.1, 0.15) is 13.8 Å². The molecular weight excluding hydrogens is 219 g/mol. The van der Waals surface area contributed by atoms with E-state index >= 15 is 0 Å². The first-order valence-electron chi connectivity index (χ1n) is 4.97. The standard InChI is InChI=1S/C11H14F3NO/c1-8(2)7-15-9-5-3-4-6-10(9)16-11(12,13)14/h3-6,8,15H,7H2,1-2H3. The van der Waals surface area contributed by atoms with Crippen LogP contribution in [0.25, 0.3) is 0 Å². The van der Waals surface area contributed by atoms with Gasteiger partial charge in [0.2, 0.25) is 0 Å². The average Bonchev–Trinajstić information content (AvgIpc) is 2.14. The number of alkyl halides is 3. The van der Waals surface area contributed by atoms with Crippen LogP contribution in [0.3, 0.4) is 0 Å². The van der Waals surface area contributed by atoms with Gasteiger partial charge >= 0.3 is 6.36 Å². The normalized spacial score (nSPS) is 11.6. The number of hydrogen-bond acceptors (Lipinski definition) is 2. The number of rotatable bonds is 4. The first-order chi connectivity index (χ1) is 7.38. The number of para-hydroxylation sites is 2. The van der Waals surface area contributed by atoms with E-state index in [0.29, 0.717) is 18.2 Å². The lowest BCUT2D eigenvalue weighted by atomic mass is 10.2. The SMILES string of the molecule is CC(C)CNc1ccccc1OC(F)(F)F. The zero-order valence-electron chi connectivity index (χ0n) is 9.14. The summed E-state index contributed by atoms with van der Waals surface area (Å²) >= 11 is 0. The van der Waals surface area contributed by atoms with Gasteiger partial charge in [-0.15, -0.1) is 13.2 Å². The van der Waals surface area contributed by atoms with Crippen molar-refractivity contribution in [1.29, 1.82) is 0 Å². The molecule has 0 aliphatic heterocycles. The molecule has 1 N–H and O–H groups in total. The Labute approximate surface area is 92.4 Å². The Kier molecular flexibility index (Phi) is 4.04. The Morgan fingerprint density at radius 2 is 1.88 bits per heavy atom. The van der Waals surface area contributed by atoms with E-state index in [1.165, 1.54) is 12.1 Å². The van der Waals surface area contributed by atoms with Gasteiger partial charge in [-0.25, -0.2) is 0 Å². The molecule has 0 saturated heterocycles. The highest BCUT2D eigenvalue weighted by Gasteiger charge is 2.31. The van der Waals surface area contributed by atoms with Crippen molar-refractivity contribution in [3.63, 3.8) is 0 Å². The maximum absolute atomic E-state index is 12.1. The quantitative estimate of drug-likeness (QED) is 0.857. The highest BCUT2D eigenvalue weighted by Crippen LogP contribution is 2.29. The van der Waals surface area contributed by atoms with Crippen molar-refractivity contribution in [3.8, 4) is 5.75 Å². The predicted molar refractivity (Wildman–Crippen MR) is 56.5 cm³/mol. The van der Waals surface area contributed by atoms with Crippen LogP contribution in [-0.4, -0.2) is 12.9 Å². The maximum atomic E-state index is 12.1. The Bertz CT molecular complexity index is 336. The molecule has 2 nitrogen and oxygen atoms in total. The Morgan fingerprint density at radius 1 is 1.25 bits per heavy atom. The molecule has 16 heavy (non-hydrogen) atoms. The van der Waals surface area contributed by atoms with E-state index in [0.717, 1.165) is 0 Å². The lowest BCUT2D eigenvalue weighted by Gasteiger charge is -2.15. The molecule has 0 aliphatic rings. The summed E-state index contributed by atoms with van der Waals surface area (Å²) < 4.78 is 40.1. The topological polar surface area (TPSA) is 21.3 Å². The van der Waals surface area contributed by atoms with Crippen molar-refractivity contribution in [2.75, 3.05) is 11.9 Å². The third-order valence-corrected chi connectivity index (χ3v) is 1.81. The van der Waals surface area contributed by atoms with Crippen molar-refractivity contribution in [2.24, 2.45) is 5.92 Å². The second-order valence-electron chi connectivity index (χ2n) is 3.82. The molecule has 0 saturated carbocycles. The number of anilines is 1. The number of benzene rings is 1. The second kappa shape index (κ2) is 5.09. The molecule has 0 aliphatic carbocycles. The molecule has 0 fully saturated rings. The summed E-state index contributed by atoms with van der Waals surface area (Å²) in [5.41, 5.74) is 0.355.